The second kappa shape index (κ2) is 7.84. The zero-order valence-corrected chi connectivity index (χ0v) is 12.2. The second-order valence-electron chi connectivity index (χ2n) is 2.99. The minimum absolute atomic E-state index is 0. The van der Waals surface area contributed by atoms with Gasteiger partial charge in [0.15, 0.2) is 0 Å². The van der Waals surface area contributed by atoms with Gasteiger partial charge in [0.2, 0.25) is 0 Å². The molecule has 0 aliphatic carbocycles. The molecule has 0 bridgehead atoms. The van der Waals surface area contributed by atoms with E-state index < -0.39 is 5.97 Å². The summed E-state index contributed by atoms with van der Waals surface area (Å²) >= 11 is 0. The molecule has 1 rings (SSSR count). The molecule has 0 radical (unpaired) electrons. The number of nitrogens with zero attached hydrogens (tertiary/aromatic N) is 1. The quantitative estimate of drug-likeness (QED) is 0.464. The molecule has 0 aromatic carbocycles. The first-order valence-electron chi connectivity index (χ1n) is 4.56. The number of hydrogen-bond donors (Lipinski definition) is 2. The summed E-state index contributed by atoms with van der Waals surface area (Å²) in [4.78, 5) is 15.3. The van der Waals surface area contributed by atoms with Crippen molar-refractivity contribution in [1.82, 2.24) is 10.3 Å². The zero-order chi connectivity index (χ0) is 11.3. The molecule has 0 aliphatic heterocycles. The Morgan fingerprint density at radius 3 is 2.88 bits per heavy atom. The van der Waals surface area contributed by atoms with E-state index in [0.29, 0.717) is 18.8 Å². The van der Waals surface area contributed by atoms with Crippen LogP contribution in [0.25, 0.3) is 0 Å². The van der Waals surface area contributed by atoms with Gasteiger partial charge in [0, 0.05) is 13.2 Å². The van der Waals surface area contributed by atoms with Crippen molar-refractivity contribution in [1.29, 1.82) is 0 Å². The number of hydrogen-bond acceptors (Lipinski definition) is 5. The van der Waals surface area contributed by atoms with Crippen LogP contribution < -0.4 is 11.1 Å². The molecular weight excluding hydrogens is 283 g/mol. The first-order valence-corrected chi connectivity index (χ1v) is 4.56. The van der Waals surface area contributed by atoms with Gasteiger partial charge in [-0.1, -0.05) is 12.5 Å². The van der Waals surface area contributed by atoms with Crippen molar-refractivity contribution >= 4 is 5.97 Å². The van der Waals surface area contributed by atoms with Crippen LogP contribution in [-0.4, -0.2) is 24.7 Å². The van der Waals surface area contributed by atoms with Gasteiger partial charge in [-0.3, -0.25) is 9.78 Å². The molecule has 0 amide bonds. The first kappa shape index (κ1) is 15.6. The van der Waals surface area contributed by atoms with Gasteiger partial charge in [0.25, 0.3) is 5.97 Å². The standard InChI is InChI=1S/C10H14N3O2.Y/c1-7-3-8(4-12-6-11)13-5-9(7)10(14)15-2;/h5,12H,4,6,11H2,1-2H3;/q-1;+3. The number of methoxy groups -OCH3 is 1. The van der Waals surface area contributed by atoms with Crippen LogP contribution in [0.15, 0.2) is 6.20 Å². The monoisotopic (exact) mass is 297 g/mol. The Bertz CT molecular complexity index is 358. The second-order valence-corrected chi connectivity index (χ2v) is 2.99. The number of carbonyl (C=O) groups is 1. The van der Waals surface area contributed by atoms with E-state index in [1.165, 1.54) is 13.3 Å². The van der Waals surface area contributed by atoms with E-state index >= 15 is 0 Å². The summed E-state index contributed by atoms with van der Waals surface area (Å²) < 4.78 is 4.60. The summed E-state index contributed by atoms with van der Waals surface area (Å²) in [5, 5.41) is 2.92. The number of nitrogens with one attached hydrogen (secondary N) is 1. The fourth-order valence-corrected chi connectivity index (χ4v) is 1.15. The molecule has 82 valence electrons. The van der Waals surface area contributed by atoms with Crippen molar-refractivity contribution in [2.75, 3.05) is 13.8 Å². The van der Waals surface area contributed by atoms with Gasteiger partial charge < -0.3 is 15.8 Å². The zero-order valence-electron chi connectivity index (χ0n) is 9.41. The Labute approximate surface area is 120 Å². The molecule has 0 aliphatic rings. The molecule has 0 spiro atoms. The molecule has 0 atom stereocenters. The molecule has 1 aromatic rings. The Morgan fingerprint density at radius 2 is 2.38 bits per heavy atom. The smallest absolute Gasteiger partial charge is 0.479 e. The summed E-state index contributed by atoms with van der Waals surface area (Å²) in [5.41, 5.74) is 7.18. The van der Waals surface area contributed by atoms with E-state index in [2.05, 4.69) is 21.1 Å². The molecular formula is C10H14N3O2Y+2. The molecule has 0 unspecified atom stereocenters. The maximum Gasteiger partial charge on any atom is 3.00 e. The van der Waals surface area contributed by atoms with Gasteiger partial charge in [-0.15, -0.1) is 0 Å². The molecule has 0 saturated carbocycles. The van der Waals surface area contributed by atoms with Crippen LogP contribution in [0.4, 0.5) is 0 Å². The number of pyridine rings is 1. The summed E-state index contributed by atoms with van der Waals surface area (Å²) in [6.07, 6.45) is 1.49. The third-order valence-electron chi connectivity index (χ3n) is 1.93. The number of aromatic nitrogens is 1. The SMILES string of the molecule is COC(=O)c1cnc(CNCN)[c-]c1C.[Y+3]. The van der Waals surface area contributed by atoms with Crippen LogP contribution in [0.1, 0.15) is 21.6 Å². The predicted molar refractivity (Wildman–Crippen MR) is 55.0 cm³/mol. The Kier molecular flexibility index (Phi) is 7.67. The number of esters is 1. The molecule has 6 heteroatoms. The van der Waals surface area contributed by atoms with E-state index in [9.17, 15) is 4.79 Å². The molecule has 0 fully saturated rings. The van der Waals surface area contributed by atoms with E-state index in [-0.39, 0.29) is 32.7 Å². The van der Waals surface area contributed by atoms with Crippen molar-refractivity contribution in [3.63, 3.8) is 0 Å². The minimum Gasteiger partial charge on any atom is -0.479 e. The largest absolute Gasteiger partial charge is 3.00 e. The summed E-state index contributed by atoms with van der Waals surface area (Å²) in [6, 6.07) is 3.00. The average molecular weight is 297 g/mol. The fourth-order valence-electron chi connectivity index (χ4n) is 1.15. The van der Waals surface area contributed by atoms with Crippen LogP contribution in [0.3, 0.4) is 0 Å². The minimum atomic E-state index is -0.394. The predicted octanol–water partition coefficient (Wildman–Crippen LogP) is -0.0199. The van der Waals surface area contributed by atoms with Gasteiger partial charge in [-0.2, -0.15) is 0 Å². The van der Waals surface area contributed by atoms with Crippen molar-refractivity contribution in [3.05, 3.63) is 29.1 Å². The number of aryl methyl sites for hydroxylation is 1. The van der Waals surface area contributed by atoms with Crippen molar-refractivity contribution in [2.45, 2.75) is 13.5 Å². The van der Waals surface area contributed by atoms with Crippen LogP contribution >= 0.6 is 0 Å². The van der Waals surface area contributed by atoms with E-state index in [1.807, 2.05) is 0 Å². The number of nitrogens with two attached hydrogens (primary N) is 1. The molecule has 1 aromatic heterocycles. The molecule has 1 heterocycles. The number of carbonyl (C=O) groups excluding carboxylic acids is 1. The Balaban J connectivity index is 0.00000225. The average Bonchev–Trinajstić information content (AvgIpc) is 2.25. The van der Waals surface area contributed by atoms with Crippen LogP contribution in [-0.2, 0) is 44.0 Å². The van der Waals surface area contributed by atoms with Gasteiger partial charge in [-0.25, -0.2) is 11.6 Å². The molecule has 5 nitrogen and oxygen atoms in total. The maximum atomic E-state index is 11.2. The third kappa shape index (κ3) is 4.25. The number of rotatable bonds is 4. The first-order chi connectivity index (χ1) is 7.19. The van der Waals surface area contributed by atoms with E-state index in [0.717, 1.165) is 11.3 Å². The van der Waals surface area contributed by atoms with Gasteiger partial charge >= 0.3 is 32.7 Å². The topological polar surface area (TPSA) is 77.2 Å². The maximum absolute atomic E-state index is 11.2. The molecule has 16 heavy (non-hydrogen) atoms. The molecule has 3 N–H and O–H groups in total. The Morgan fingerprint density at radius 1 is 1.69 bits per heavy atom. The van der Waals surface area contributed by atoms with Crippen molar-refractivity contribution < 1.29 is 42.2 Å². The fraction of sp³-hybridized carbons (Fsp3) is 0.400. The van der Waals surface area contributed by atoms with Gasteiger partial charge in [0.1, 0.15) is 0 Å². The van der Waals surface area contributed by atoms with Crippen molar-refractivity contribution in [3.8, 4) is 0 Å². The van der Waals surface area contributed by atoms with Crippen LogP contribution in [0.2, 0.25) is 0 Å². The van der Waals surface area contributed by atoms with Crippen molar-refractivity contribution in [2.24, 2.45) is 5.73 Å². The summed E-state index contributed by atoms with van der Waals surface area (Å²) in [6.45, 7) is 2.71. The normalized spacial score (nSPS) is 9.44. The van der Waals surface area contributed by atoms with E-state index in [4.69, 9.17) is 5.73 Å². The van der Waals surface area contributed by atoms with Crippen LogP contribution in [0.5, 0.6) is 0 Å². The summed E-state index contributed by atoms with van der Waals surface area (Å²) in [5.74, 6) is -0.394. The van der Waals surface area contributed by atoms with Gasteiger partial charge in [0.05, 0.1) is 7.11 Å². The van der Waals surface area contributed by atoms with Gasteiger partial charge in [-0.05, 0) is 11.9 Å². The number of ether oxygens (including phenoxy) is 1. The van der Waals surface area contributed by atoms with Crippen LogP contribution in [0, 0.1) is 13.0 Å². The Hall–Kier alpha value is -0.356. The molecule has 0 saturated heterocycles. The third-order valence-corrected chi connectivity index (χ3v) is 1.93. The summed E-state index contributed by atoms with van der Waals surface area (Å²) in [7, 11) is 1.34. The van der Waals surface area contributed by atoms with E-state index in [1.54, 1.807) is 6.92 Å².